The van der Waals surface area contributed by atoms with Crippen LogP contribution < -0.4 is 5.32 Å². The Balaban J connectivity index is 1.73. The predicted molar refractivity (Wildman–Crippen MR) is 87.8 cm³/mol. The molecule has 7 heteroatoms. The van der Waals surface area contributed by atoms with E-state index in [9.17, 15) is 14.0 Å². The maximum atomic E-state index is 12.9. The zero-order valence-corrected chi connectivity index (χ0v) is 13.3. The molecule has 1 atom stereocenters. The van der Waals surface area contributed by atoms with Crippen LogP contribution in [0.5, 0.6) is 0 Å². The Bertz CT molecular complexity index is 729. The molecule has 2 aromatic rings. The lowest BCUT2D eigenvalue weighted by molar-refractivity contribution is -0.119. The second-order valence-electron chi connectivity index (χ2n) is 5.30. The molecule has 1 aromatic heterocycles. The molecule has 0 unspecified atom stereocenters. The van der Waals surface area contributed by atoms with E-state index in [1.807, 2.05) is 6.92 Å². The van der Waals surface area contributed by atoms with Crippen LogP contribution in [0, 0.1) is 12.7 Å². The fraction of sp³-hybridized carbons (Fsp3) is 0.250. The monoisotopic (exact) mass is 333 g/mol. The van der Waals surface area contributed by atoms with Gasteiger partial charge in [-0.05, 0) is 37.3 Å². The van der Waals surface area contributed by atoms with Gasteiger partial charge in [-0.3, -0.25) is 9.59 Å². The highest BCUT2D eigenvalue weighted by Crippen LogP contribution is 2.25. The van der Waals surface area contributed by atoms with Gasteiger partial charge in [0.2, 0.25) is 5.91 Å². The minimum absolute atomic E-state index is 0.159. The highest BCUT2D eigenvalue weighted by atomic mass is 32.2. The highest BCUT2D eigenvalue weighted by Gasteiger charge is 2.35. The quantitative estimate of drug-likeness (QED) is 0.907. The van der Waals surface area contributed by atoms with Crippen molar-refractivity contribution in [2.75, 3.05) is 16.9 Å². The van der Waals surface area contributed by atoms with E-state index in [1.165, 1.54) is 36.0 Å². The van der Waals surface area contributed by atoms with Crippen LogP contribution in [0.25, 0.3) is 0 Å². The molecule has 2 amide bonds. The fourth-order valence-corrected chi connectivity index (χ4v) is 3.61. The van der Waals surface area contributed by atoms with Gasteiger partial charge in [0, 0.05) is 23.3 Å². The Morgan fingerprint density at radius 2 is 2.04 bits per heavy atom. The molecule has 1 aliphatic heterocycles. The molecule has 2 N–H and O–H groups in total. The number of aromatic amines is 1. The zero-order valence-electron chi connectivity index (χ0n) is 12.5. The van der Waals surface area contributed by atoms with Crippen molar-refractivity contribution in [3.8, 4) is 0 Å². The molecule has 1 aromatic carbocycles. The van der Waals surface area contributed by atoms with Crippen LogP contribution in [0.3, 0.4) is 0 Å². The molecule has 120 valence electrons. The molecule has 23 heavy (non-hydrogen) atoms. The van der Waals surface area contributed by atoms with Crippen molar-refractivity contribution in [2.45, 2.75) is 13.0 Å². The Kier molecular flexibility index (Phi) is 4.38. The number of amides is 2. The van der Waals surface area contributed by atoms with Crippen molar-refractivity contribution in [2.24, 2.45) is 0 Å². The number of H-pyrrole nitrogens is 1. The van der Waals surface area contributed by atoms with Crippen molar-refractivity contribution in [1.82, 2.24) is 9.88 Å². The minimum atomic E-state index is -0.535. The first-order valence-corrected chi connectivity index (χ1v) is 8.31. The summed E-state index contributed by atoms with van der Waals surface area (Å²) in [5.41, 5.74) is 1.87. The van der Waals surface area contributed by atoms with Gasteiger partial charge in [-0.15, -0.1) is 11.8 Å². The second kappa shape index (κ2) is 6.45. The Hall–Kier alpha value is -2.28. The number of anilines is 1. The van der Waals surface area contributed by atoms with Crippen molar-refractivity contribution in [3.63, 3.8) is 0 Å². The van der Waals surface area contributed by atoms with Crippen LogP contribution in [0.1, 0.15) is 16.1 Å². The van der Waals surface area contributed by atoms with Crippen molar-refractivity contribution in [1.29, 1.82) is 0 Å². The lowest BCUT2D eigenvalue weighted by Crippen LogP contribution is -2.44. The number of carbonyl (C=O) groups is 2. The first kappa shape index (κ1) is 15.6. The third-order valence-corrected chi connectivity index (χ3v) is 4.75. The number of halogens is 1. The Labute approximate surface area is 137 Å². The number of benzene rings is 1. The van der Waals surface area contributed by atoms with E-state index in [0.717, 1.165) is 5.69 Å². The molecule has 1 fully saturated rings. The van der Waals surface area contributed by atoms with E-state index in [0.29, 0.717) is 22.9 Å². The maximum absolute atomic E-state index is 12.9. The van der Waals surface area contributed by atoms with Gasteiger partial charge in [0.05, 0.1) is 11.4 Å². The molecule has 2 heterocycles. The van der Waals surface area contributed by atoms with Crippen LogP contribution in [0.15, 0.2) is 36.5 Å². The van der Waals surface area contributed by atoms with Crippen molar-refractivity contribution >= 4 is 29.3 Å². The summed E-state index contributed by atoms with van der Waals surface area (Å²) in [6.45, 7) is 1.82. The standard InChI is InChI=1S/C16H16FN3O2S/c1-10-13(6-7-18-10)16(22)20-9-23-8-14(20)15(21)19-12-4-2-11(17)3-5-12/h2-7,14,18H,8-9H2,1H3,(H,19,21)/t14-/m0/s1. The van der Waals surface area contributed by atoms with E-state index in [2.05, 4.69) is 10.3 Å². The maximum Gasteiger partial charge on any atom is 0.257 e. The van der Waals surface area contributed by atoms with Gasteiger partial charge in [0.1, 0.15) is 11.9 Å². The lowest BCUT2D eigenvalue weighted by atomic mass is 10.2. The SMILES string of the molecule is Cc1[nH]ccc1C(=O)N1CSC[C@H]1C(=O)Nc1ccc(F)cc1. The second-order valence-corrected chi connectivity index (χ2v) is 6.30. The molecule has 0 spiro atoms. The van der Waals surface area contributed by atoms with Gasteiger partial charge in [-0.25, -0.2) is 4.39 Å². The molecular weight excluding hydrogens is 317 g/mol. The van der Waals surface area contributed by atoms with Crippen LogP contribution in [-0.2, 0) is 4.79 Å². The van der Waals surface area contributed by atoms with Gasteiger partial charge in [-0.2, -0.15) is 0 Å². The van der Waals surface area contributed by atoms with Crippen molar-refractivity contribution < 1.29 is 14.0 Å². The van der Waals surface area contributed by atoms with E-state index in [4.69, 9.17) is 0 Å². The van der Waals surface area contributed by atoms with Crippen molar-refractivity contribution in [3.05, 3.63) is 53.6 Å². The summed E-state index contributed by atoms with van der Waals surface area (Å²) in [4.78, 5) is 29.6. The van der Waals surface area contributed by atoms with Gasteiger partial charge in [0.15, 0.2) is 0 Å². The molecule has 1 saturated heterocycles. The normalized spacial score (nSPS) is 17.3. The number of aryl methyl sites for hydroxylation is 1. The van der Waals surface area contributed by atoms with Crippen LogP contribution in [0.2, 0.25) is 0 Å². The highest BCUT2D eigenvalue weighted by molar-refractivity contribution is 7.99. The number of aromatic nitrogens is 1. The number of hydrogen-bond donors (Lipinski definition) is 2. The molecule has 1 aliphatic rings. The van der Waals surface area contributed by atoms with E-state index >= 15 is 0 Å². The molecular formula is C16H16FN3O2S. The van der Waals surface area contributed by atoms with Crippen LogP contribution in [-0.4, -0.2) is 39.4 Å². The van der Waals surface area contributed by atoms with Crippen LogP contribution >= 0.6 is 11.8 Å². The number of hydrogen-bond acceptors (Lipinski definition) is 3. The van der Waals surface area contributed by atoms with Gasteiger partial charge >= 0.3 is 0 Å². The predicted octanol–water partition coefficient (Wildman–Crippen LogP) is 2.62. The summed E-state index contributed by atoms with van der Waals surface area (Å²) in [5, 5.41) is 2.74. The minimum Gasteiger partial charge on any atom is -0.365 e. The molecule has 0 radical (unpaired) electrons. The lowest BCUT2D eigenvalue weighted by Gasteiger charge is -2.23. The van der Waals surface area contributed by atoms with E-state index in [1.54, 1.807) is 17.2 Å². The van der Waals surface area contributed by atoms with E-state index in [-0.39, 0.29) is 17.6 Å². The summed E-state index contributed by atoms with van der Waals surface area (Å²) >= 11 is 1.54. The topological polar surface area (TPSA) is 65.2 Å². The van der Waals surface area contributed by atoms with E-state index < -0.39 is 6.04 Å². The number of nitrogens with one attached hydrogen (secondary N) is 2. The summed E-state index contributed by atoms with van der Waals surface area (Å²) in [6, 6.07) is 6.74. The number of nitrogens with zero attached hydrogens (tertiary/aromatic N) is 1. The van der Waals surface area contributed by atoms with Gasteiger partial charge in [-0.1, -0.05) is 0 Å². The number of rotatable bonds is 3. The number of carbonyl (C=O) groups excluding carboxylic acids is 2. The third-order valence-electron chi connectivity index (χ3n) is 3.74. The average Bonchev–Trinajstić information content (AvgIpc) is 3.17. The summed E-state index contributed by atoms with van der Waals surface area (Å²) in [5.74, 6) is 0.239. The first-order chi connectivity index (χ1) is 11.1. The Morgan fingerprint density at radius 3 is 2.70 bits per heavy atom. The average molecular weight is 333 g/mol. The zero-order chi connectivity index (χ0) is 16.4. The largest absolute Gasteiger partial charge is 0.365 e. The smallest absolute Gasteiger partial charge is 0.257 e. The van der Waals surface area contributed by atoms with Gasteiger partial charge < -0.3 is 15.2 Å². The van der Waals surface area contributed by atoms with Gasteiger partial charge in [0.25, 0.3) is 5.91 Å². The summed E-state index contributed by atoms with van der Waals surface area (Å²) in [7, 11) is 0. The third kappa shape index (κ3) is 3.24. The summed E-state index contributed by atoms with van der Waals surface area (Å²) in [6.07, 6.45) is 1.71. The first-order valence-electron chi connectivity index (χ1n) is 7.15. The molecule has 0 aliphatic carbocycles. The fourth-order valence-electron chi connectivity index (χ4n) is 2.46. The van der Waals surface area contributed by atoms with Crippen LogP contribution in [0.4, 0.5) is 10.1 Å². The molecule has 0 saturated carbocycles. The molecule has 0 bridgehead atoms. The molecule has 3 rings (SSSR count). The Morgan fingerprint density at radius 1 is 1.30 bits per heavy atom. The number of thioether (sulfide) groups is 1. The molecule has 5 nitrogen and oxygen atoms in total. The summed E-state index contributed by atoms with van der Waals surface area (Å²) < 4.78 is 12.9.